The molecule has 0 aromatic heterocycles. The Morgan fingerprint density at radius 3 is 2.44 bits per heavy atom. The highest BCUT2D eigenvalue weighted by molar-refractivity contribution is 5.84. The minimum absolute atomic E-state index is 0.159. The van der Waals surface area contributed by atoms with E-state index in [4.69, 9.17) is 4.74 Å². The summed E-state index contributed by atoms with van der Waals surface area (Å²) in [4.78, 5) is 23.4. The first-order valence-electron chi connectivity index (χ1n) is 5.68. The molecule has 96 valence electrons. The molecule has 1 aliphatic heterocycles. The average Bonchev–Trinajstić information content (AvgIpc) is 3.09. The molecule has 0 radical (unpaired) electrons. The standard InChI is InChI=1S/C13H15NO4/c1-13(2,9-6-4-3-5-7-9)18-12(17)14-8-10(14)11(15)16/h3-7,10H,8H2,1-2H3,(H,15,16)/p-1. The van der Waals surface area contributed by atoms with Gasteiger partial charge in [-0.25, -0.2) is 4.79 Å². The van der Waals surface area contributed by atoms with Crippen molar-refractivity contribution in [3.8, 4) is 0 Å². The molecule has 1 amide bonds. The van der Waals surface area contributed by atoms with Gasteiger partial charge in [0.25, 0.3) is 0 Å². The van der Waals surface area contributed by atoms with Gasteiger partial charge in [0, 0.05) is 0 Å². The molecular formula is C13H14NO4-. The Kier molecular flexibility index (Phi) is 2.98. The van der Waals surface area contributed by atoms with Gasteiger partial charge in [-0.3, -0.25) is 4.90 Å². The van der Waals surface area contributed by atoms with Crippen molar-refractivity contribution in [2.45, 2.75) is 25.5 Å². The van der Waals surface area contributed by atoms with E-state index >= 15 is 0 Å². The smallest absolute Gasteiger partial charge is 0.411 e. The number of amides is 1. The summed E-state index contributed by atoms with van der Waals surface area (Å²) in [6.45, 7) is 3.68. The lowest BCUT2D eigenvalue weighted by molar-refractivity contribution is -0.305. The Morgan fingerprint density at radius 2 is 1.94 bits per heavy atom. The van der Waals surface area contributed by atoms with Gasteiger partial charge >= 0.3 is 6.09 Å². The number of carboxylic acid groups (broad SMARTS) is 1. The van der Waals surface area contributed by atoms with Crippen molar-refractivity contribution in [3.05, 3.63) is 35.9 Å². The van der Waals surface area contributed by atoms with E-state index in [1.54, 1.807) is 13.8 Å². The van der Waals surface area contributed by atoms with Gasteiger partial charge < -0.3 is 14.6 Å². The molecule has 2 rings (SSSR count). The Balaban J connectivity index is 2.01. The van der Waals surface area contributed by atoms with Crippen molar-refractivity contribution in [2.75, 3.05) is 6.54 Å². The summed E-state index contributed by atoms with van der Waals surface area (Å²) in [6, 6.07) is 8.44. The van der Waals surface area contributed by atoms with Crippen LogP contribution in [0.5, 0.6) is 0 Å². The summed E-state index contributed by atoms with van der Waals surface area (Å²) >= 11 is 0. The van der Waals surface area contributed by atoms with E-state index in [2.05, 4.69) is 0 Å². The van der Waals surface area contributed by atoms with E-state index in [1.165, 1.54) is 0 Å². The molecule has 1 atom stereocenters. The van der Waals surface area contributed by atoms with Crippen LogP contribution in [0.2, 0.25) is 0 Å². The lowest BCUT2D eigenvalue weighted by Crippen LogP contribution is -2.34. The number of benzene rings is 1. The van der Waals surface area contributed by atoms with Crippen LogP contribution in [0.15, 0.2) is 30.3 Å². The maximum absolute atomic E-state index is 11.7. The Hall–Kier alpha value is -2.04. The topological polar surface area (TPSA) is 69.4 Å². The fourth-order valence-electron chi connectivity index (χ4n) is 1.72. The number of ether oxygens (including phenoxy) is 1. The zero-order valence-corrected chi connectivity index (χ0v) is 10.3. The Labute approximate surface area is 105 Å². The van der Waals surface area contributed by atoms with Gasteiger partial charge in [-0.15, -0.1) is 0 Å². The van der Waals surface area contributed by atoms with Gasteiger partial charge in [0.1, 0.15) is 5.60 Å². The van der Waals surface area contributed by atoms with Crippen LogP contribution in [0.4, 0.5) is 4.79 Å². The van der Waals surface area contributed by atoms with Crippen molar-refractivity contribution in [1.29, 1.82) is 0 Å². The minimum Gasteiger partial charge on any atom is -0.548 e. The first kappa shape index (κ1) is 12.4. The summed E-state index contributed by atoms with van der Waals surface area (Å²) in [5.41, 5.74) is 0.0578. The Bertz CT molecular complexity index is 469. The monoisotopic (exact) mass is 248 g/mol. The predicted molar refractivity (Wildman–Crippen MR) is 61.5 cm³/mol. The van der Waals surface area contributed by atoms with E-state index in [9.17, 15) is 14.7 Å². The Morgan fingerprint density at radius 1 is 1.33 bits per heavy atom. The first-order chi connectivity index (χ1) is 8.42. The fourth-order valence-corrected chi connectivity index (χ4v) is 1.72. The second-order valence-corrected chi connectivity index (χ2v) is 4.73. The van der Waals surface area contributed by atoms with Crippen LogP contribution in [0.1, 0.15) is 19.4 Å². The highest BCUT2D eigenvalue weighted by Gasteiger charge is 2.42. The quantitative estimate of drug-likeness (QED) is 0.730. The third-order valence-corrected chi connectivity index (χ3v) is 2.93. The number of hydrogen-bond donors (Lipinski definition) is 0. The molecule has 0 spiro atoms. The molecule has 0 saturated carbocycles. The number of hydrogen-bond acceptors (Lipinski definition) is 4. The normalized spacial score (nSPS) is 18.3. The maximum Gasteiger partial charge on any atom is 0.411 e. The fraction of sp³-hybridized carbons (Fsp3) is 0.385. The molecule has 0 aliphatic carbocycles. The van der Waals surface area contributed by atoms with Crippen molar-refractivity contribution >= 4 is 12.1 Å². The maximum atomic E-state index is 11.7. The lowest BCUT2D eigenvalue weighted by Gasteiger charge is -2.26. The highest BCUT2D eigenvalue weighted by atomic mass is 16.6. The molecule has 0 bridgehead atoms. The lowest BCUT2D eigenvalue weighted by atomic mass is 9.98. The summed E-state index contributed by atoms with van der Waals surface area (Å²) < 4.78 is 5.32. The molecule has 5 heteroatoms. The molecule has 0 N–H and O–H groups in total. The second kappa shape index (κ2) is 4.33. The second-order valence-electron chi connectivity index (χ2n) is 4.73. The molecule has 5 nitrogen and oxygen atoms in total. The van der Waals surface area contributed by atoms with E-state index < -0.39 is 23.7 Å². The number of carboxylic acids is 1. The van der Waals surface area contributed by atoms with Gasteiger partial charge in [-0.2, -0.15) is 0 Å². The summed E-state index contributed by atoms with van der Waals surface area (Å²) in [5.74, 6) is -1.25. The van der Waals surface area contributed by atoms with Crippen molar-refractivity contribution in [2.24, 2.45) is 0 Å². The number of carbonyl (C=O) groups excluding carboxylic acids is 2. The average molecular weight is 248 g/mol. The number of aliphatic carboxylic acids is 1. The van der Waals surface area contributed by atoms with Crippen LogP contribution < -0.4 is 5.11 Å². The molecule has 1 aromatic rings. The largest absolute Gasteiger partial charge is 0.548 e. The number of rotatable bonds is 3. The summed E-state index contributed by atoms with van der Waals surface area (Å²) in [6.07, 6.45) is -0.627. The van der Waals surface area contributed by atoms with Crippen LogP contribution >= 0.6 is 0 Å². The van der Waals surface area contributed by atoms with Gasteiger partial charge in [0.15, 0.2) is 0 Å². The van der Waals surface area contributed by atoms with Crippen LogP contribution in [0, 0.1) is 0 Å². The van der Waals surface area contributed by atoms with Gasteiger partial charge in [-0.05, 0) is 19.4 Å². The van der Waals surface area contributed by atoms with Gasteiger partial charge in [0.2, 0.25) is 0 Å². The number of carbonyl (C=O) groups is 2. The molecule has 1 saturated heterocycles. The van der Waals surface area contributed by atoms with Crippen molar-refractivity contribution in [1.82, 2.24) is 4.90 Å². The first-order valence-corrected chi connectivity index (χ1v) is 5.68. The third-order valence-electron chi connectivity index (χ3n) is 2.93. The van der Waals surface area contributed by atoms with Crippen molar-refractivity contribution < 1.29 is 19.4 Å². The molecule has 1 fully saturated rings. The molecular weight excluding hydrogens is 234 g/mol. The highest BCUT2D eigenvalue weighted by Crippen LogP contribution is 2.28. The molecule has 1 aromatic carbocycles. The van der Waals surface area contributed by atoms with E-state index in [-0.39, 0.29) is 6.54 Å². The molecule has 18 heavy (non-hydrogen) atoms. The third kappa shape index (κ3) is 2.45. The molecule has 1 aliphatic rings. The molecule has 1 heterocycles. The predicted octanol–water partition coefficient (Wildman–Crippen LogP) is 0.492. The van der Waals surface area contributed by atoms with Crippen LogP contribution in [-0.2, 0) is 15.1 Å². The summed E-state index contributed by atoms with van der Waals surface area (Å²) in [5, 5.41) is 10.6. The summed E-state index contributed by atoms with van der Waals surface area (Å²) in [7, 11) is 0. The van der Waals surface area contributed by atoms with Crippen molar-refractivity contribution in [3.63, 3.8) is 0 Å². The van der Waals surface area contributed by atoms with Gasteiger partial charge in [-0.1, -0.05) is 30.3 Å². The van der Waals surface area contributed by atoms with E-state index in [0.29, 0.717) is 0 Å². The number of nitrogens with zero attached hydrogens (tertiary/aromatic N) is 1. The van der Waals surface area contributed by atoms with Crippen LogP contribution in [-0.4, -0.2) is 29.5 Å². The minimum atomic E-state index is -1.25. The van der Waals surface area contributed by atoms with E-state index in [0.717, 1.165) is 10.5 Å². The van der Waals surface area contributed by atoms with Crippen LogP contribution in [0.3, 0.4) is 0 Å². The van der Waals surface area contributed by atoms with E-state index in [1.807, 2.05) is 30.3 Å². The molecule has 1 unspecified atom stereocenters. The van der Waals surface area contributed by atoms with Crippen LogP contribution in [0.25, 0.3) is 0 Å². The zero-order valence-electron chi connectivity index (χ0n) is 10.3. The van der Waals surface area contributed by atoms with Gasteiger partial charge in [0.05, 0.1) is 18.6 Å². The zero-order chi connectivity index (χ0) is 13.3. The SMILES string of the molecule is CC(C)(OC(=O)N1CC1C(=O)[O-])c1ccccc1.